The SMILES string of the molecule is Cc1ccc(C[NH+](C)CC(=O)Nc2sc3c(c2C(N)=O)CCCC3)o1. The maximum absolute atomic E-state index is 12.4. The van der Waals surface area contributed by atoms with Crippen LogP contribution in [0.3, 0.4) is 0 Å². The molecule has 0 saturated carbocycles. The molecular weight excluding hydrogens is 338 g/mol. The van der Waals surface area contributed by atoms with Gasteiger partial charge in [-0.05, 0) is 50.3 Å². The van der Waals surface area contributed by atoms with Gasteiger partial charge in [-0.25, -0.2) is 0 Å². The molecule has 2 amide bonds. The number of anilines is 1. The van der Waals surface area contributed by atoms with Gasteiger partial charge in [-0.1, -0.05) is 0 Å². The van der Waals surface area contributed by atoms with Gasteiger partial charge < -0.3 is 20.4 Å². The smallest absolute Gasteiger partial charge is 0.280 e. The molecule has 1 aliphatic carbocycles. The summed E-state index contributed by atoms with van der Waals surface area (Å²) in [7, 11) is 1.94. The summed E-state index contributed by atoms with van der Waals surface area (Å²) in [5.41, 5.74) is 7.10. The van der Waals surface area contributed by atoms with E-state index >= 15 is 0 Å². The number of carbonyl (C=O) groups excluding carboxylic acids is 2. The van der Waals surface area contributed by atoms with Crippen LogP contribution < -0.4 is 16.0 Å². The van der Waals surface area contributed by atoms with Gasteiger partial charge in [0.2, 0.25) is 0 Å². The number of carbonyl (C=O) groups is 2. The predicted octanol–water partition coefficient (Wildman–Crippen LogP) is 1.28. The summed E-state index contributed by atoms with van der Waals surface area (Å²) in [6, 6.07) is 3.84. The van der Waals surface area contributed by atoms with Crippen molar-refractivity contribution in [3.8, 4) is 0 Å². The van der Waals surface area contributed by atoms with Gasteiger partial charge in [-0.3, -0.25) is 9.59 Å². The van der Waals surface area contributed by atoms with Crippen LogP contribution >= 0.6 is 11.3 Å². The highest BCUT2D eigenvalue weighted by molar-refractivity contribution is 7.17. The lowest BCUT2D eigenvalue weighted by Gasteiger charge is -2.13. The third-order valence-corrected chi connectivity index (χ3v) is 5.61. The molecule has 1 atom stereocenters. The first-order valence-electron chi connectivity index (χ1n) is 8.55. The second kappa shape index (κ2) is 7.41. The molecular formula is C18H24N3O3S+. The second-order valence-electron chi connectivity index (χ2n) is 6.65. The predicted molar refractivity (Wildman–Crippen MR) is 97.0 cm³/mol. The Balaban J connectivity index is 1.66. The van der Waals surface area contributed by atoms with Crippen LogP contribution in [0.5, 0.6) is 0 Å². The van der Waals surface area contributed by atoms with Crippen molar-refractivity contribution in [2.45, 2.75) is 39.2 Å². The van der Waals surface area contributed by atoms with E-state index in [-0.39, 0.29) is 5.91 Å². The maximum Gasteiger partial charge on any atom is 0.280 e. The average Bonchev–Trinajstić information content (AvgIpc) is 3.09. The van der Waals surface area contributed by atoms with Crippen molar-refractivity contribution >= 4 is 28.2 Å². The molecule has 0 aliphatic heterocycles. The molecule has 1 aliphatic rings. The van der Waals surface area contributed by atoms with Crippen LogP contribution in [-0.2, 0) is 24.2 Å². The second-order valence-corrected chi connectivity index (χ2v) is 7.76. The molecule has 0 bridgehead atoms. The summed E-state index contributed by atoms with van der Waals surface area (Å²) in [6.45, 7) is 2.82. The zero-order valence-corrected chi connectivity index (χ0v) is 15.4. The number of likely N-dealkylation sites (N-methyl/N-ethyl adjacent to an activating group) is 1. The molecule has 0 radical (unpaired) electrons. The highest BCUT2D eigenvalue weighted by Crippen LogP contribution is 2.37. The van der Waals surface area contributed by atoms with Crippen LogP contribution in [-0.4, -0.2) is 25.4 Å². The van der Waals surface area contributed by atoms with E-state index in [2.05, 4.69) is 5.32 Å². The summed E-state index contributed by atoms with van der Waals surface area (Å²) < 4.78 is 5.55. The monoisotopic (exact) mass is 362 g/mol. The fourth-order valence-corrected chi connectivity index (χ4v) is 4.61. The third kappa shape index (κ3) is 4.11. The van der Waals surface area contributed by atoms with E-state index in [1.54, 1.807) is 0 Å². The molecule has 0 spiro atoms. The Morgan fingerprint density at radius 2 is 2.08 bits per heavy atom. The van der Waals surface area contributed by atoms with Crippen LogP contribution in [0.4, 0.5) is 5.00 Å². The molecule has 0 saturated heterocycles. The molecule has 6 nitrogen and oxygen atoms in total. The molecule has 3 rings (SSSR count). The van der Waals surface area contributed by atoms with Gasteiger partial charge in [0.1, 0.15) is 17.3 Å². The van der Waals surface area contributed by atoms with E-state index < -0.39 is 5.91 Å². The van der Waals surface area contributed by atoms with Gasteiger partial charge in [0.25, 0.3) is 11.8 Å². The quantitative estimate of drug-likeness (QED) is 0.723. The number of aryl methyl sites for hydroxylation is 2. The number of nitrogens with two attached hydrogens (primary N) is 1. The topological polar surface area (TPSA) is 89.8 Å². The first kappa shape index (κ1) is 17.7. The number of hydrogen-bond acceptors (Lipinski definition) is 4. The number of thiophene rings is 1. The Morgan fingerprint density at radius 1 is 1.32 bits per heavy atom. The Morgan fingerprint density at radius 3 is 2.76 bits per heavy atom. The maximum atomic E-state index is 12.4. The number of rotatable bonds is 6. The number of primary amides is 1. The number of furan rings is 1. The highest BCUT2D eigenvalue weighted by Gasteiger charge is 2.25. The van der Waals surface area contributed by atoms with E-state index in [0.717, 1.165) is 47.7 Å². The van der Waals surface area contributed by atoms with Gasteiger partial charge >= 0.3 is 0 Å². The molecule has 0 fully saturated rings. The third-order valence-electron chi connectivity index (χ3n) is 4.41. The molecule has 2 aromatic heterocycles. The number of nitrogens with one attached hydrogen (secondary N) is 2. The van der Waals surface area contributed by atoms with Crippen molar-refractivity contribution in [2.75, 3.05) is 18.9 Å². The summed E-state index contributed by atoms with van der Waals surface area (Å²) in [5.74, 6) is 1.14. The summed E-state index contributed by atoms with van der Waals surface area (Å²) in [6.07, 6.45) is 4.00. The van der Waals surface area contributed by atoms with Gasteiger partial charge in [-0.15, -0.1) is 11.3 Å². The minimum Gasteiger partial charge on any atom is -0.460 e. The van der Waals surface area contributed by atoms with Gasteiger partial charge in [0, 0.05) is 4.88 Å². The Bertz CT molecular complexity index is 794. The van der Waals surface area contributed by atoms with E-state index in [9.17, 15) is 9.59 Å². The summed E-state index contributed by atoms with van der Waals surface area (Å²) in [5, 5.41) is 3.50. The van der Waals surface area contributed by atoms with Crippen LogP contribution in [0.2, 0.25) is 0 Å². The Labute approximate surface area is 151 Å². The summed E-state index contributed by atoms with van der Waals surface area (Å²) >= 11 is 1.49. The Kier molecular flexibility index (Phi) is 5.24. The highest BCUT2D eigenvalue weighted by atomic mass is 32.1. The van der Waals surface area contributed by atoms with Gasteiger partial charge in [0.15, 0.2) is 12.3 Å². The van der Waals surface area contributed by atoms with Crippen molar-refractivity contribution in [3.05, 3.63) is 39.7 Å². The lowest BCUT2D eigenvalue weighted by atomic mass is 9.95. The number of amides is 2. The molecule has 25 heavy (non-hydrogen) atoms. The molecule has 1 unspecified atom stereocenters. The normalized spacial score (nSPS) is 14.8. The first-order chi connectivity index (χ1) is 11.9. The minimum absolute atomic E-state index is 0.123. The lowest BCUT2D eigenvalue weighted by molar-refractivity contribution is -0.886. The molecule has 134 valence electrons. The first-order valence-corrected chi connectivity index (χ1v) is 9.36. The van der Waals surface area contributed by atoms with Crippen LogP contribution in [0, 0.1) is 6.92 Å². The van der Waals surface area contributed by atoms with Gasteiger partial charge in [0.05, 0.1) is 12.6 Å². The lowest BCUT2D eigenvalue weighted by Crippen LogP contribution is -3.08. The van der Waals surface area contributed by atoms with Gasteiger partial charge in [-0.2, -0.15) is 0 Å². The number of fused-ring (bicyclic) bond motifs is 1. The van der Waals surface area contributed by atoms with Crippen molar-refractivity contribution < 1.29 is 18.9 Å². The summed E-state index contributed by atoms with van der Waals surface area (Å²) in [4.78, 5) is 26.5. The van der Waals surface area contributed by atoms with E-state index in [0.29, 0.717) is 23.7 Å². The van der Waals surface area contributed by atoms with E-state index in [4.69, 9.17) is 10.2 Å². The van der Waals surface area contributed by atoms with Crippen molar-refractivity contribution in [1.82, 2.24) is 0 Å². The molecule has 2 aromatic rings. The van der Waals surface area contributed by atoms with Crippen molar-refractivity contribution in [2.24, 2.45) is 5.73 Å². The van der Waals surface area contributed by atoms with Crippen molar-refractivity contribution in [3.63, 3.8) is 0 Å². The fourth-order valence-electron chi connectivity index (χ4n) is 3.30. The number of hydrogen-bond donors (Lipinski definition) is 3. The molecule has 7 heteroatoms. The molecule has 4 N–H and O–H groups in total. The minimum atomic E-state index is -0.457. The average molecular weight is 362 g/mol. The zero-order chi connectivity index (χ0) is 18.0. The van der Waals surface area contributed by atoms with Crippen molar-refractivity contribution in [1.29, 1.82) is 0 Å². The van der Waals surface area contributed by atoms with Crippen LogP contribution in [0.15, 0.2) is 16.5 Å². The zero-order valence-electron chi connectivity index (χ0n) is 14.6. The van der Waals surface area contributed by atoms with Crippen LogP contribution in [0.1, 0.15) is 45.2 Å². The molecule has 2 heterocycles. The fraction of sp³-hybridized carbons (Fsp3) is 0.444. The molecule has 0 aromatic carbocycles. The van der Waals surface area contributed by atoms with E-state index in [1.807, 2.05) is 26.1 Å². The number of quaternary nitrogens is 1. The standard InChI is InChI=1S/C18H23N3O3S/c1-11-7-8-12(24-11)9-21(2)10-15(22)20-18-16(17(19)23)13-5-3-4-6-14(13)25-18/h7-8H,3-6,9-10H2,1-2H3,(H2,19,23)(H,20,22)/p+1. The Hall–Kier alpha value is -2.12. The van der Waals surface area contributed by atoms with Crippen LogP contribution in [0.25, 0.3) is 0 Å². The largest absolute Gasteiger partial charge is 0.460 e. The van der Waals surface area contributed by atoms with E-state index in [1.165, 1.54) is 16.2 Å².